The maximum Gasteiger partial charge on any atom is 0.437 e. The minimum atomic E-state index is -1.31. The predicted octanol–water partition coefficient (Wildman–Crippen LogP) is 3.80. The van der Waals surface area contributed by atoms with Crippen molar-refractivity contribution in [3.05, 3.63) is 29.8 Å². The van der Waals surface area contributed by atoms with E-state index < -0.39 is 29.5 Å². The molecule has 1 aromatic carbocycles. The van der Waals surface area contributed by atoms with Crippen LogP contribution in [0.3, 0.4) is 0 Å². The summed E-state index contributed by atoms with van der Waals surface area (Å²) in [6.45, 7) is 11.0. The second-order valence-corrected chi connectivity index (χ2v) is 9.50. The number of amidine groups is 1. The highest BCUT2D eigenvalue weighted by Gasteiger charge is 2.22. The van der Waals surface area contributed by atoms with E-state index in [0.717, 1.165) is 0 Å². The number of carbonyl (C=O) groups excluding carboxylic acids is 2. The average molecular weight is 494 g/mol. The Kier molecular flexibility index (Phi) is 10.5. The van der Waals surface area contributed by atoms with Crippen LogP contribution in [0.2, 0.25) is 0 Å². The first-order chi connectivity index (χ1) is 16.1. The molecular weight excluding hydrogens is 458 g/mol. The van der Waals surface area contributed by atoms with E-state index in [2.05, 4.69) is 10.3 Å². The van der Waals surface area contributed by atoms with Crippen LogP contribution in [0, 0.1) is 5.41 Å². The molecule has 0 aliphatic carbocycles. The minimum Gasteiger partial charge on any atom is -0.494 e. The van der Waals surface area contributed by atoms with Crippen molar-refractivity contribution in [2.24, 2.45) is 4.99 Å². The molecule has 1 rings (SSSR count). The number of ether oxygens (including phenoxy) is 3. The van der Waals surface area contributed by atoms with Crippen LogP contribution in [-0.2, 0) is 9.47 Å². The fourth-order valence-corrected chi connectivity index (χ4v) is 2.47. The van der Waals surface area contributed by atoms with Gasteiger partial charge < -0.3 is 24.2 Å². The van der Waals surface area contributed by atoms with Gasteiger partial charge in [0.05, 0.1) is 6.61 Å². The molecule has 0 radical (unpaired) electrons. The molecule has 12 nitrogen and oxygen atoms in total. The first-order valence-corrected chi connectivity index (χ1v) is 10.9. The predicted molar refractivity (Wildman–Crippen MR) is 130 cm³/mol. The third kappa shape index (κ3) is 12.8. The van der Waals surface area contributed by atoms with Crippen LogP contribution in [0.5, 0.6) is 5.75 Å². The molecule has 0 saturated carbocycles. The SMILES string of the molecule is CN(CCCOc1ccc(C(=N)NC(=O)O)cc1)C(=NC(=O)OC(C)(C)C)NC(=O)OC(C)(C)C. The molecule has 0 atom stereocenters. The van der Waals surface area contributed by atoms with Crippen LogP contribution in [-0.4, -0.2) is 71.5 Å². The van der Waals surface area contributed by atoms with Gasteiger partial charge in [0.1, 0.15) is 22.8 Å². The Labute approximate surface area is 205 Å². The number of amides is 3. The second kappa shape index (κ2) is 12.6. The number of guanidine groups is 1. The molecule has 0 saturated heterocycles. The van der Waals surface area contributed by atoms with Crippen LogP contribution in [0.15, 0.2) is 29.3 Å². The highest BCUT2D eigenvalue weighted by Crippen LogP contribution is 2.13. The lowest BCUT2D eigenvalue weighted by molar-refractivity contribution is 0.0555. The maximum absolute atomic E-state index is 12.2. The molecule has 0 bridgehead atoms. The number of hydrogen-bond donors (Lipinski definition) is 4. The number of aliphatic imine (C=N–C) groups is 1. The van der Waals surface area contributed by atoms with E-state index in [1.807, 2.05) is 5.32 Å². The molecule has 0 heterocycles. The Morgan fingerprint density at radius 3 is 2.09 bits per heavy atom. The molecule has 35 heavy (non-hydrogen) atoms. The van der Waals surface area contributed by atoms with Gasteiger partial charge in [-0.05, 0) is 72.2 Å². The van der Waals surface area contributed by atoms with E-state index >= 15 is 0 Å². The van der Waals surface area contributed by atoms with Gasteiger partial charge in [-0.15, -0.1) is 4.99 Å². The van der Waals surface area contributed by atoms with Crippen molar-refractivity contribution in [2.45, 2.75) is 59.2 Å². The lowest BCUT2D eigenvalue weighted by Gasteiger charge is -2.25. The topological polar surface area (TPSA) is 163 Å². The van der Waals surface area contributed by atoms with Gasteiger partial charge in [-0.2, -0.15) is 0 Å². The fourth-order valence-electron chi connectivity index (χ4n) is 2.47. The summed E-state index contributed by atoms with van der Waals surface area (Å²) in [5.41, 5.74) is -1.08. The second-order valence-electron chi connectivity index (χ2n) is 9.50. The maximum atomic E-state index is 12.2. The number of nitrogens with one attached hydrogen (secondary N) is 3. The molecule has 0 spiro atoms. The summed E-state index contributed by atoms with van der Waals surface area (Å²) in [7, 11) is 1.65. The Morgan fingerprint density at radius 1 is 1.00 bits per heavy atom. The molecular formula is C23H35N5O7. The largest absolute Gasteiger partial charge is 0.494 e. The molecule has 0 aliphatic rings. The van der Waals surface area contributed by atoms with Crippen LogP contribution in [0.1, 0.15) is 53.5 Å². The van der Waals surface area contributed by atoms with Crippen molar-refractivity contribution in [3.8, 4) is 5.75 Å². The highest BCUT2D eigenvalue weighted by atomic mass is 16.6. The van der Waals surface area contributed by atoms with Gasteiger partial charge in [-0.25, -0.2) is 14.4 Å². The molecule has 0 fully saturated rings. The molecule has 0 aromatic heterocycles. The van der Waals surface area contributed by atoms with Gasteiger partial charge in [0.15, 0.2) is 0 Å². The van der Waals surface area contributed by atoms with Gasteiger partial charge in [0.2, 0.25) is 5.96 Å². The van der Waals surface area contributed by atoms with E-state index in [-0.39, 0.29) is 11.8 Å². The van der Waals surface area contributed by atoms with E-state index in [4.69, 9.17) is 24.7 Å². The smallest absolute Gasteiger partial charge is 0.437 e. The van der Waals surface area contributed by atoms with Crippen LogP contribution >= 0.6 is 0 Å². The van der Waals surface area contributed by atoms with E-state index in [1.165, 1.54) is 0 Å². The number of nitrogens with zero attached hydrogens (tertiary/aromatic N) is 2. The summed E-state index contributed by atoms with van der Waals surface area (Å²) < 4.78 is 16.1. The van der Waals surface area contributed by atoms with Gasteiger partial charge >= 0.3 is 18.3 Å². The summed E-state index contributed by atoms with van der Waals surface area (Å²) in [5.74, 6) is 0.274. The van der Waals surface area contributed by atoms with E-state index in [1.54, 1.807) is 77.8 Å². The minimum absolute atomic E-state index is 0.0257. The number of rotatable bonds is 6. The van der Waals surface area contributed by atoms with Crippen molar-refractivity contribution in [3.63, 3.8) is 0 Å². The third-order valence-electron chi connectivity index (χ3n) is 3.85. The summed E-state index contributed by atoms with van der Waals surface area (Å²) in [6.07, 6.45) is -2.41. The summed E-state index contributed by atoms with van der Waals surface area (Å²) in [6, 6.07) is 6.37. The third-order valence-corrected chi connectivity index (χ3v) is 3.85. The summed E-state index contributed by atoms with van der Waals surface area (Å²) in [5, 5.41) is 20.8. The molecule has 194 valence electrons. The first-order valence-electron chi connectivity index (χ1n) is 10.9. The Bertz CT molecular complexity index is 931. The number of benzene rings is 1. The zero-order valence-corrected chi connectivity index (χ0v) is 21.2. The van der Waals surface area contributed by atoms with Crippen molar-refractivity contribution < 1.29 is 33.7 Å². The number of carbonyl (C=O) groups is 3. The molecule has 0 unspecified atom stereocenters. The highest BCUT2D eigenvalue weighted by molar-refractivity contribution is 6.04. The van der Waals surface area contributed by atoms with Gasteiger partial charge in [0, 0.05) is 19.2 Å². The summed E-state index contributed by atoms with van der Waals surface area (Å²) in [4.78, 5) is 40.5. The van der Waals surface area contributed by atoms with Crippen molar-refractivity contribution in [2.75, 3.05) is 20.2 Å². The molecule has 3 amide bonds. The van der Waals surface area contributed by atoms with E-state index in [9.17, 15) is 14.4 Å². The van der Waals surface area contributed by atoms with Gasteiger partial charge in [-0.3, -0.25) is 16.0 Å². The average Bonchev–Trinajstić information content (AvgIpc) is 2.67. The van der Waals surface area contributed by atoms with Crippen molar-refractivity contribution >= 4 is 30.1 Å². The normalized spacial score (nSPS) is 11.8. The standard InChI is InChI=1S/C23H35N5O7/c1-22(2,3)34-20(31)26-18(27-21(32)35-23(4,5)6)28(7)13-8-14-33-16-11-9-15(10-12-16)17(24)25-19(29)30/h9-12H,8,13-14H2,1-7H3,(H2,24,25)(H,29,30)(H,26,27,31,32). The zero-order chi connectivity index (χ0) is 26.8. The van der Waals surface area contributed by atoms with Gasteiger partial charge in [-0.1, -0.05) is 0 Å². The van der Waals surface area contributed by atoms with Crippen molar-refractivity contribution in [1.82, 2.24) is 15.5 Å². The van der Waals surface area contributed by atoms with Crippen LogP contribution in [0.25, 0.3) is 0 Å². The molecule has 4 N–H and O–H groups in total. The lowest BCUT2D eigenvalue weighted by Crippen LogP contribution is -2.45. The number of hydrogen-bond acceptors (Lipinski definition) is 7. The Balaban J connectivity index is 2.71. The monoisotopic (exact) mass is 493 g/mol. The Morgan fingerprint density at radius 2 is 1.57 bits per heavy atom. The molecule has 1 aromatic rings. The number of alkyl carbamates (subject to hydrolysis) is 1. The van der Waals surface area contributed by atoms with Gasteiger partial charge in [0.25, 0.3) is 0 Å². The first kappa shape index (κ1) is 29.2. The quantitative estimate of drug-likeness (QED) is 0.264. The molecule has 12 heteroatoms. The van der Waals surface area contributed by atoms with Crippen molar-refractivity contribution in [1.29, 1.82) is 5.41 Å². The van der Waals surface area contributed by atoms with Crippen LogP contribution < -0.4 is 15.4 Å². The zero-order valence-electron chi connectivity index (χ0n) is 21.2. The fraction of sp³-hybridized carbons (Fsp3) is 0.522. The lowest BCUT2D eigenvalue weighted by atomic mass is 10.2. The van der Waals surface area contributed by atoms with E-state index in [0.29, 0.717) is 30.9 Å². The number of carboxylic acid groups (broad SMARTS) is 1. The molecule has 0 aliphatic heterocycles. The Hall–Kier alpha value is -3.83. The van der Waals surface area contributed by atoms with Crippen LogP contribution in [0.4, 0.5) is 14.4 Å². The summed E-state index contributed by atoms with van der Waals surface area (Å²) >= 11 is 0.